The number of likely N-dealkylation sites (tertiary alicyclic amines) is 1. The number of nitrogens with zero attached hydrogens (tertiary/aromatic N) is 2. The van der Waals surface area contributed by atoms with Crippen molar-refractivity contribution >= 4 is 17.2 Å². The van der Waals surface area contributed by atoms with Crippen LogP contribution in [0.3, 0.4) is 0 Å². The van der Waals surface area contributed by atoms with Gasteiger partial charge in [0.2, 0.25) is 0 Å². The van der Waals surface area contributed by atoms with Crippen LogP contribution in [0.5, 0.6) is 5.75 Å². The predicted octanol–water partition coefficient (Wildman–Crippen LogP) is 4.04. The smallest absolute Gasteiger partial charge is 0.266 e. The number of carbonyl (C=O) groups is 1. The van der Waals surface area contributed by atoms with Crippen molar-refractivity contribution < 1.29 is 9.53 Å². The van der Waals surface area contributed by atoms with Crippen molar-refractivity contribution in [1.82, 2.24) is 9.88 Å². The average molecular weight is 344 g/mol. The highest BCUT2D eigenvalue weighted by Gasteiger charge is 2.34. The first-order valence-corrected chi connectivity index (χ1v) is 9.32. The molecule has 128 valence electrons. The molecule has 1 aromatic heterocycles. The van der Waals surface area contributed by atoms with Gasteiger partial charge < -0.3 is 9.64 Å². The molecular weight excluding hydrogens is 320 g/mol. The Labute approximate surface area is 147 Å². The van der Waals surface area contributed by atoms with Gasteiger partial charge in [-0.2, -0.15) is 0 Å². The second-order valence-electron chi connectivity index (χ2n) is 6.53. The van der Waals surface area contributed by atoms with Crippen molar-refractivity contribution in [2.24, 2.45) is 0 Å². The van der Waals surface area contributed by atoms with E-state index in [1.807, 2.05) is 30.0 Å². The molecule has 0 atom stereocenters. The minimum Gasteiger partial charge on any atom is -0.486 e. The van der Waals surface area contributed by atoms with E-state index < -0.39 is 0 Å². The number of aryl methyl sites for hydroxylation is 2. The third-order valence-electron chi connectivity index (χ3n) is 4.28. The van der Waals surface area contributed by atoms with Gasteiger partial charge in [-0.15, -0.1) is 11.3 Å². The largest absolute Gasteiger partial charge is 0.486 e. The van der Waals surface area contributed by atoms with Gasteiger partial charge in [0.25, 0.3) is 5.91 Å². The number of para-hydroxylation sites is 1. The number of benzene rings is 1. The highest BCUT2D eigenvalue weighted by molar-refractivity contribution is 7.13. The first kappa shape index (κ1) is 17.0. The topological polar surface area (TPSA) is 42.4 Å². The normalized spacial score (nSPS) is 14.8. The summed E-state index contributed by atoms with van der Waals surface area (Å²) in [6, 6.07) is 8.11. The molecule has 4 nitrogen and oxygen atoms in total. The molecule has 1 aliphatic heterocycles. The zero-order chi connectivity index (χ0) is 17.3. The van der Waals surface area contributed by atoms with Crippen LogP contribution >= 0.6 is 11.3 Å². The van der Waals surface area contributed by atoms with E-state index in [2.05, 4.69) is 31.8 Å². The standard InChI is InChI=1S/C19H24N2O2S/c1-5-14-8-6-7-9-16(14)23-15-10-21(11-15)19(22)17-13(4)20-18(24-17)12(2)3/h6-9,12,15H,5,10-11H2,1-4H3. The van der Waals surface area contributed by atoms with Crippen molar-refractivity contribution in [3.8, 4) is 5.75 Å². The quantitative estimate of drug-likeness (QED) is 0.822. The van der Waals surface area contributed by atoms with Gasteiger partial charge in [-0.25, -0.2) is 4.98 Å². The Bertz CT molecular complexity index is 733. The van der Waals surface area contributed by atoms with Gasteiger partial charge in [0.05, 0.1) is 23.8 Å². The van der Waals surface area contributed by atoms with Crippen LogP contribution in [0, 0.1) is 6.92 Å². The minimum absolute atomic E-state index is 0.0828. The van der Waals surface area contributed by atoms with Gasteiger partial charge in [-0.05, 0) is 25.0 Å². The molecule has 0 saturated carbocycles. The number of aromatic nitrogens is 1. The Morgan fingerprint density at radius 1 is 1.38 bits per heavy atom. The van der Waals surface area contributed by atoms with Gasteiger partial charge in [0.1, 0.15) is 16.7 Å². The first-order valence-electron chi connectivity index (χ1n) is 8.50. The molecule has 3 rings (SSSR count). The molecule has 1 fully saturated rings. The second-order valence-corrected chi connectivity index (χ2v) is 7.56. The fourth-order valence-electron chi connectivity index (χ4n) is 2.78. The first-order chi connectivity index (χ1) is 11.5. The van der Waals surface area contributed by atoms with E-state index in [-0.39, 0.29) is 12.0 Å². The number of amides is 1. The van der Waals surface area contributed by atoms with Crippen LogP contribution in [0.15, 0.2) is 24.3 Å². The zero-order valence-corrected chi connectivity index (χ0v) is 15.5. The molecule has 1 aromatic carbocycles. The van der Waals surface area contributed by atoms with Gasteiger partial charge in [0, 0.05) is 5.92 Å². The molecule has 0 spiro atoms. The van der Waals surface area contributed by atoms with E-state index in [0.717, 1.165) is 27.7 Å². The molecule has 0 bridgehead atoms. The molecular formula is C19H24N2O2S. The van der Waals surface area contributed by atoms with Crippen LogP contribution in [0.2, 0.25) is 0 Å². The summed E-state index contributed by atoms with van der Waals surface area (Å²) >= 11 is 1.52. The van der Waals surface area contributed by atoms with Gasteiger partial charge >= 0.3 is 0 Å². The van der Waals surface area contributed by atoms with E-state index in [9.17, 15) is 4.79 Å². The maximum absolute atomic E-state index is 12.6. The lowest BCUT2D eigenvalue weighted by Crippen LogP contribution is -2.56. The lowest BCUT2D eigenvalue weighted by atomic mass is 10.1. The van der Waals surface area contributed by atoms with E-state index in [1.165, 1.54) is 16.9 Å². The number of hydrogen-bond donors (Lipinski definition) is 0. The lowest BCUT2D eigenvalue weighted by Gasteiger charge is -2.39. The van der Waals surface area contributed by atoms with E-state index >= 15 is 0 Å². The molecule has 2 heterocycles. The molecule has 0 unspecified atom stereocenters. The van der Waals surface area contributed by atoms with Crippen molar-refractivity contribution in [2.45, 2.75) is 46.1 Å². The van der Waals surface area contributed by atoms with E-state index in [4.69, 9.17) is 4.74 Å². The lowest BCUT2D eigenvalue weighted by molar-refractivity contribution is 0.0177. The summed E-state index contributed by atoms with van der Waals surface area (Å²) < 4.78 is 6.06. The highest BCUT2D eigenvalue weighted by atomic mass is 32.1. The summed E-state index contributed by atoms with van der Waals surface area (Å²) in [6.07, 6.45) is 1.03. The molecule has 2 aromatic rings. The van der Waals surface area contributed by atoms with E-state index in [1.54, 1.807) is 0 Å². The van der Waals surface area contributed by atoms with Crippen LogP contribution in [0.4, 0.5) is 0 Å². The predicted molar refractivity (Wildman–Crippen MR) is 97.1 cm³/mol. The van der Waals surface area contributed by atoms with Crippen molar-refractivity contribution in [1.29, 1.82) is 0 Å². The Balaban J connectivity index is 1.61. The number of hydrogen-bond acceptors (Lipinski definition) is 4. The van der Waals surface area contributed by atoms with Crippen LogP contribution in [0.25, 0.3) is 0 Å². The van der Waals surface area contributed by atoms with Crippen LogP contribution in [-0.4, -0.2) is 35.0 Å². The molecule has 5 heteroatoms. The van der Waals surface area contributed by atoms with Crippen molar-refractivity contribution in [3.63, 3.8) is 0 Å². The third-order valence-corrected chi connectivity index (χ3v) is 5.73. The van der Waals surface area contributed by atoms with Gasteiger partial charge in [-0.1, -0.05) is 39.0 Å². The van der Waals surface area contributed by atoms with Crippen molar-refractivity contribution in [2.75, 3.05) is 13.1 Å². The second kappa shape index (κ2) is 6.93. The summed E-state index contributed by atoms with van der Waals surface area (Å²) in [7, 11) is 0. The van der Waals surface area contributed by atoms with Crippen LogP contribution < -0.4 is 4.74 Å². The maximum atomic E-state index is 12.6. The van der Waals surface area contributed by atoms with Crippen molar-refractivity contribution in [3.05, 3.63) is 45.4 Å². The maximum Gasteiger partial charge on any atom is 0.266 e. The SMILES string of the molecule is CCc1ccccc1OC1CN(C(=O)c2sc(C(C)C)nc2C)C1. The number of rotatable bonds is 5. The summed E-state index contributed by atoms with van der Waals surface area (Å²) in [4.78, 5) is 19.8. The zero-order valence-electron chi connectivity index (χ0n) is 14.7. The van der Waals surface area contributed by atoms with E-state index in [0.29, 0.717) is 19.0 Å². The summed E-state index contributed by atoms with van der Waals surface area (Å²) in [5.41, 5.74) is 2.05. The fourth-order valence-corrected chi connectivity index (χ4v) is 3.81. The molecule has 1 amide bonds. The average Bonchev–Trinajstić information content (AvgIpc) is 2.92. The summed E-state index contributed by atoms with van der Waals surface area (Å²) in [5, 5.41) is 1.03. The third kappa shape index (κ3) is 3.31. The molecule has 0 radical (unpaired) electrons. The number of ether oxygens (including phenoxy) is 1. The summed E-state index contributed by atoms with van der Waals surface area (Å²) in [6.45, 7) is 9.53. The Morgan fingerprint density at radius 2 is 2.08 bits per heavy atom. The summed E-state index contributed by atoms with van der Waals surface area (Å²) in [5.74, 6) is 1.38. The van der Waals surface area contributed by atoms with Gasteiger partial charge in [-0.3, -0.25) is 4.79 Å². The Hall–Kier alpha value is -1.88. The molecule has 1 saturated heterocycles. The molecule has 1 aliphatic rings. The number of thiazole rings is 1. The molecule has 24 heavy (non-hydrogen) atoms. The highest BCUT2D eigenvalue weighted by Crippen LogP contribution is 2.28. The number of carbonyl (C=O) groups excluding carboxylic acids is 1. The minimum atomic E-state index is 0.0828. The monoisotopic (exact) mass is 344 g/mol. The Morgan fingerprint density at radius 3 is 2.71 bits per heavy atom. The molecule has 0 aliphatic carbocycles. The molecule has 0 N–H and O–H groups in total. The Kier molecular flexibility index (Phi) is 4.90. The van der Waals surface area contributed by atoms with Crippen LogP contribution in [-0.2, 0) is 6.42 Å². The van der Waals surface area contributed by atoms with Crippen LogP contribution in [0.1, 0.15) is 52.6 Å². The van der Waals surface area contributed by atoms with Gasteiger partial charge in [0.15, 0.2) is 0 Å². The fraction of sp³-hybridized carbons (Fsp3) is 0.474.